The van der Waals surface area contributed by atoms with Crippen LogP contribution < -0.4 is 4.74 Å². The minimum absolute atomic E-state index is 0.130. The summed E-state index contributed by atoms with van der Waals surface area (Å²) in [6.07, 6.45) is -0.185. The molecule has 1 heterocycles. The normalized spacial score (nSPS) is 13.0. The summed E-state index contributed by atoms with van der Waals surface area (Å²) in [5.41, 5.74) is 3.24. The Bertz CT molecular complexity index is 912. The molecule has 0 saturated carbocycles. The Morgan fingerprint density at radius 3 is 2.64 bits per heavy atom. The number of hydrogen-bond donors (Lipinski definition) is 1. The molecular formula is C21H22FNO5. The van der Waals surface area contributed by atoms with Crippen molar-refractivity contribution in [2.75, 3.05) is 20.3 Å². The number of nitrogens with zero attached hydrogens (tertiary/aromatic N) is 1. The van der Waals surface area contributed by atoms with Crippen molar-refractivity contribution in [2.24, 2.45) is 0 Å². The highest BCUT2D eigenvalue weighted by atomic mass is 19.1. The van der Waals surface area contributed by atoms with Gasteiger partial charge in [0.2, 0.25) is 0 Å². The van der Waals surface area contributed by atoms with Crippen LogP contribution in [0.4, 0.5) is 9.18 Å². The number of benzene rings is 2. The zero-order valence-electron chi connectivity index (χ0n) is 15.8. The maximum absolute atomic E-state index is 14.4. The predicted molar refractivity (Wildman–Crippen MR) is 101 cm³/mol. The summed E-state index contributed by atoms with van der Waals surface area (Å²) in [5, 5.41) is 9.09. The van der Waals surface area contributed by atoms with Crippen molar-refractivity contribution in [1.82, 2.24) is 4.90 Å². The molecule has 1 aliphatic heterocycles. The van der Waals surface area contributed by atoms with Gasteiger partial charge in [0, 0.05) is 18.7 Å². The van der Waals surface area contributed by atoms with E-state index in [-0.39, 0.29) is 25.4 Å². The summed E-state index contributed by atoms with van der Waals surface area (Å²) in [4.78, 5) is 24.8. The Morgan fingerprint density at radius 2 is 1.96 bits per heavy atom. The third-order valence-corrected chi connectivity index (χ3v) is 4.79. The summed E-state index contributed by atoms with van der Waals surface area (Å²) in [7, 11) is 1.52. The van der Waals surface area contributed by atoms with Gasteiger partial charge in [-0.05, 0) is 53.8 Å². The van der Waals surface area contributed by atoms with E-state index in [9.17, 15) is 14.0 Å². The minimum Gasteiger partial charge on any atom is -0.496 e. The van der Waals surface area contributed by atoms with Crippen molar-refractivity contribution in [2.45, 2.75) is 26.3 Å². The lowest BCUT2D eigenvalue weighted by Gasteiger charge is -2.30. The van der Waals surface area contributed by atoms with Crippen molar-refractivity contribution < 1.29 is 28.6 Å². The lowest BCUT2D eigenvalue weighted by Crippen LogP contribution is -2.37. The molecule has 148 valence electrons. The fourth-order valence-electron chi connectivity index (χ4n) is 3.51. The first-order valence-corrected chi connectivity index (χ1v) is 9.05. The molecule has 3 rings (SSSR count). The van der Waals surface area contributed by atoms with E-state index in [0.29, 0.717) is 41.0 Å². The number of carbonyl (C=O) groups excluding carboxylic acids is 1. The van der Waals surface area contributed by atoms with Gasteiger partial charge in [-0.3, -0.25) is 4.79 Å². The molecule has 0 aromatic heterocycles. The molecule has 0 unspecified atom stereocenters. The number of amides is 1. The summed E-state index contributed by atoms with van der Waals surface area (Å²) in [5.74, 6) is -0.704. The molecule has 1 aliphatic rings. The van der Waals surface area contributed by atoms with Crippen LogP contribution in [0.5, 0.6) is 5.75 Å². The Morgan fingerprint density at radius 1 is 1.18 bits per heavy atom. The van der Waals surface area contributed by atoms with E-state index in [1.54, 1.807) is 36.1 Å². The molecular weight excluding hydrogens is 365 g/mol. The number of halogens is 1. The number of hydrogen-bond acceptors (Lipinski definition) is 4. The highest BCUT2D eigenvalue weighted by Crippen LogP contribution is 2.37. The van der Waals surface area contributed by atoms with Gasteiger partial charge in [-0.2, -0.15) is 0 Å². The second-order valence-electron chi connectivity index (χ2n) is 6.53. The summed E-state index contributed by atoms with van der Waals surface area (Å²) in [6.45, 7) is 2.60. The SMILES string of the molecule is CCOC(=O)N1CCc2c(F)ccc(-c3cc(CC(=O)O)ccc3OC)c2C1. The molecule has 7 heteroatoms. The van der Waals surface area contributed by atoms with E-state index >= 15 is 0 Å². The van der Waals surface area contributed by atoms with Gasteiger partial charge in [0.1, 0.15) is 11.6 Å². The molecule has 2 aromatic carbocycles. The molecule has 0 bridgehead atoms. The molecule has 0 atom stereocenters. The second-order valence-corrected chi connectivity index (χ2v) is 6.53. The van der Waals surface area contributed by atoms with Crippen LogP contribution in [0.25, 0.3) is 11.1 Å². The number of carboxylic acids is 1. The summed E-state index contributed by atoms with van der Waals surface area (Å²) in [6, 6.07) is 8.18. The first kappa shape index (κ1) is 19.7. The average molecular weight is 387 g/mol. The van der Waals surface area contributed by atoms with Crippen molar-refractivity contribution >= 4 is 12.1 Å². The van der Waals surface area contributed by atoms with E-state index < -0.39 is 12.1 Å². The molecule has 0 radical (unpaired) electrons. The van der Waals surface area contributed by atoms with Crippen LogP contribution in [0.1, 0.15) is 23.6 Å². The van der Waals surface area contributed by atoms with Crippen molar-refractivity contribution in [3.63, 3.8) is 0 Å². The molecule has 6 nitrogen and oxygen atoms in total. The molecule has 0 aliphatic carbocycles. The first-order chi connectivity index (χ1) is 13.4. The summed E-state index contributed by atoms with van der Waals surface area (Å²) < 4.78 is 25.0. The van der Waals surface area contributed by atoms with Gasteiger partial charge in [0.05, 0.1) is 20.1 Å². The Kier molecular flexibility index (Phi) is 5.82. The van der Waals surface area contributed by atoms with Crippen molar-refractivity contribution in [3.05, 3.63) is 52.8 Å². The van der Waals surface area contributed by atoms with Gasteiger partial charge in [-0.25, -0.2) is 9.18 Å². The monoisotopic (exact) mass is 387 g/mol. The lowest BCUT2D eigenvalue weighted by atomic mass is 9.89. The number of rotatable bonds is 5. The third-order valence-electron chi connectivity index (χ3n) is 4.79. The molecule has 1 amide bonds. The fraction of sp³-hybridized carbons (Fsp3) is 0.333. The fourth-order valence-corrected chi connectivity index (χ4v) is 3.51. The molecule has 0 saturated heterocycles. The average Bonchev–Trinajstić information content (AvgIpc) is 2.68. The van der Waals surface area contributed by atoms with Gasteiger partial charge in [0.15, 0.2) is 0 Å². The Balaban J connectivity index is 2.09. The first-order valence-electron chi connectivity index (χ1n) is 9.05. The Labute approximate surface area is 162 Å². The molecule has 2 aromatic rings. The van der Waals surface area contributed by atoms with Gasteiger partial charge < -0.3 is 19.5 Å². The molecule has 1 N–H and O–H groups in total. The van der Waals surface area contributed by atoms with Crippen LogP contribution in [0.3, 0.4) is 0 Å². The van der Waals surface area contributed by atoms with Gasteiger partial charge in [-0.1, -0.05) is 12.1 Å². The third kappa shape index (κ3) is 3.93. The van der Waals surface area contributed by atoms with E-state index in [1.807, 2.05) is 0 Å². The number of carboxylic acid groups (broad SMARTS) is 1. The van der Waals surface area contributed by atoms with Crippen molar-refractivity contribution in [3.8, 4) is 16.9 Å². The van der Waals surface area contributed by atoms with Crippen molar-refractivity contribution in [1.29, 1.82) is 0 Å². The smallest absolute Gasteiger partial charge is 0.410 e. The van der Waals surface area contributed by atoms with Crippen LogP contribution in [-0.2, 0) is 28.9 Å². The molecule has 0 fully saturated rings. The quantitative estimate of drug-likeness (QED) is 0.848. The van der Waals surface area contributed by atoms with Gasteiger partial charge >= 0.3 is 12.1 Å². The van der Waals surface area contributed by atoms with Gasteiger partial charge in [0.25, 0.3) is 0 Å². The zero-order chi connectivity index (χ0) is 20.3. The molecule has 28 heavy (non-hydrogen) atoms. The Hall–Kier alpha value is -3.09. The predicted octanol–water partition coefficient (Wildman–Crippen LogP) is 3.64. The maximum atomic E-state index is 14.4. The number of fused-ring (bicyclic) bond motifs is 1. The van der Waals surface area contributed by atoms with Gasteiger partial charge in [-0.15, -0.1) is 0 Å². The number of ether oxygens (including phenoxy) is 2. The van der Waals surface area contributed by atoms with E-state index in [4.69, 9.17) is 14.6 Å². The van der Waals surface area contributed by atoms with Crippen LogP contribution in [0, 0.1) is 5.82 Å². The van der Waals surface area contributed by atoms with Crippen LogP contribution in [0.15, 0.2) is 30.3 Å². The number of carbonyl (C=O) groups is 2. The van der Waals surface area contributed by atoms with E-state index in [1.165, 1.54) is 13.2 Å². The van der Waals surface area contributed by atoms with E-state index in [0.717, 1.165) is 5.56 Å². The van der Waals surface area contributed by atoms with E-state index in [2.05, 4.69) is 0 Å². The summed E-state index contributed by atoms with van der Waals surface area (Å²) >= 11 is 0. The topological polar surface area (TPSA) is 76.1 Å². The number of methoxy groups -OCH3 is 1. The highest BCUT2D eigenvalue weighted by Gasteiger charge is 2.27. The minimum atomic E-state index is -0.939. The van der Waals surface area contributed by atoms with Crippen LogP contribution in [0.2, 0.25) is 0 Å². The lowest BCUT2D eigenvalue weighted by molar-refractivity contribution is -0.136. The van der Waals surface area contributed by atoms with Crippen LogP contribution >= 0.6 is 0 Å². The second kappa shape index (κ2) is 8.29. The maximum Gasteiger partial charge on any atom is 0.410 e. The zero-order valence-corrected chi connectivity index (χ0v) is 15.8. The number of aliphatic carboxylic acids is 1. The molecule has 0 spiro atoms. The highest BCUT2D eigenvalue weighted by molar-refractivity contribution is 5.78. The largest absolute Gasteiger partial charge is 0.496 e. The standard InChI is InChI=1S/C21H22FNO5/c1-3-28-21(26)23-9-8-15-17(12-23)14(5-6-18(15)22)16-10-13(11-20(24)25)4-7-19(16)27-2/h4-7,10H,3,8-9,11-12H2,1-2H3,(H,24,25). The van der Waals surface area contributed by atoms with Crippen LogP contribution in [-0.4, -0.2) is 42.3 Å².